The number of hydrogen-bond donors (Lipinski definition) is 2. The Hall–Kier alpha value is -2.77. The molecule has 0 radical (unpaired) electrons. The lowest BCUT2D eigenvalue weighted by Crippen LogP contribution is -2.48. The topological polar surface area (TPSA) is 76.7 Å². The van der Waals surface area contributed by atoms with Crippen LogP contribution in [0.5, 0.6) is 11.5 Å². The van der Waals surface area contributed by atoms with Crippen LogP contribution in [0.2, 0.25) is 5.02 Å². The molecule has 2 N–H and O–H groups in total. The van der Waals surface area contributed by atoms with Gasteiger partial charge in [0.25, 0.3) is 11.8 Å². The maximum Gasteiger partial charge on any atom is 0.279 e. The van der Waals surface area contributed by atoms with Gasteiger partial charge in [-0.1, -0.05) is 41.9 Å². The van der Waals surface area contributed by atoms with Crippen molar-refractivity contribution in [3.05, 3.63) is 70.2 Å². The van der Waals surface area contributed by atoms with E-state index in [1.54, 1.807) is 37.3 Å². The van der Waals surface area contributed by atoms with Gasteiger partial charge in [-0.2, -0.15) is 0 Å². The van der Waals surface area contributed by atoms with Gasteiger partial charge in [0.05, 0.1) is 4.47 Å². The Balaban J connectivity index is 1.47. The molecular weight excluding hydrogens is 460 g/mol. The number of nitrogens with one attached hydrogen (secondary N) is 2. The van der Waals surface area contributed by atoms with Crippen molar-refractivity contribution in [3.8, 4) is 11.5 Å². The molecule has 0 heterocycles. The number of benzene rings is 3. The first-order valence-electron chi connectivity index (χ1n) is 8.75. The van der Waals surface area contributed by atoms with E-state index < -0.39 is 17.9 Å². The highest BCUT2D eigenvalue weighted by Crippen LogP contribution is 2.32. The van der Waals surface area contributed by atoms with E-state index in [-0.39, 0.29) is 6.61 Å². The van der Waals surface area contributed by atoms with E-state index in [0.717, 1.165) is 15.2 Å². The predicted octanol–water partition coefficient (Wildman–Crippen LogP) is 4.25. The normalized spacial score (nSPS) is 11.6. The summed E-state index contributed by atoms with van der Waals surface area (Å²) in [7, 11) is 0. The van der Waals surface area contributed by atoms with E-state index in [1.807, 2.05) is 30.3 Å². The first kappa shape index (κ1) is 21.0. The number of fused-ring (bicyclic) bond motifs is 1. The fourth-order valence-corrected chi connectivity index (χ4v) is 3.24. The molecule has 0 spiro atoms. The van der Waals surface area contributed by atoms with Gasteiger partial charge in [0.1, 0.15) is 11.5 Å². The van der Waals surface area contributed by atoms with Crippen LogP contribution in [0.25, 0.3) is 10.8 Å². The molecule has 6 nitrogen and oxygen atoms in total. The molecule has 3 rings (SSSR count). The smallest absolute Gasteiger partial charge is 0.279 e. The van der Waals surface area contributed by atoms with Crippen LogP contribution in [0, 0.1) is 0 Å². The summed E-state index contributed by atoms with van der Waals surface area (Å²) in [4.78, 5) is 24.1. The highest BCUT2D eigenvalue weighted by Gasteiger charge is 2.16. The fourth-order valence-electron chi connectivity index (χ4n) is 2.51. The van der Waals surface area contributed by atoms with Crippen molar-refractivity contribution in [2.24, 2.45) is 0 Å². The summed E-state index contributed by atoms with van der Waals surface area (Å²) < 4.78 is 11.8. The summed E-state index contributed by atoms with van der Waals surface area (Å²) in [6.45, 7) is 1.31. The molecule has 0 aliphatic carbocycles. The molecule has 150 valence electrons. The molecule has 3 aromatic carbocycles. The van der Waals surface area contributed by atoms with Crippen molar-refractivity contribution in [2.75, 3.05) is 6.61 Å². The molecule has 1 unspecified atom stereocenters. The summed E-state index contributed by atoms with van der Waals surface area (Å²) in [5.41, 5.74) is 4.62. The molecule has 1 atom stereocenters. The predicted molar refractivity (Wildman–Crippen MR) is 115 cm³/mol. The standard InChI is InChI=1S/C21H18BrClN2O4/c1-13(29-16-9-7-15(23)8-10-16)21(27)25-24-19(26)12-28-18-11-6-14-4-2-3-5-17(14)20(18)22/h2-11,13H,12H2,1H3,(H,24,26)(H,25,27). The van der Waals surface area contributed by atoms with Gasteiger partial charge in [0.2, 0.25) is 0 Å². The van der Waals surface area contributed by atoms with Crippen LogP contribution in [0.15, 0.2) is 65.1 Å². The lowest BCUT2D eigenvalue weighted by atomic mass is 10.1. The SMILES string of the molecule is CC(Oc1ccc(Cl)cc1)C(=O)NNC(=O)COc1ccc2ccccc2c1Br. The molecule has 0 saturated heterocycles. The molecule has 2 amide bonds. The van der Waals surface area contributed by atoms with Crippen LogP contribution in [-0.2, 0) is 9.59 Å². The third-order valence-electron chi connectivity index (χ3n) is 4.01. The third kappa shape index (κ3) is 5.62. The number of amides is 2. The maximum atomic E-state index is 12.1. The van der Waals surface area contributed by atoms with E-state index >= 15 is 0 Å². The molecule has 0 aromatic heterocycles. The number of halogens is 2. The van der Waals surface area contributed by atoms with Gasteiger partial charge < -0.3 is 9.47 Å². The minimum absolute atomic E-state index is 0.260. The first-order valence-corrected chi connectivity index (χ1v) is 9.92. The second-order valence-electron chi connectivity index (χ2n) is 6.14. The average molecular weight is 478 g/mol. The van der Waals surface area contributed by atoms with Crippen molar-refractivity contribution < 1.29 is 19.1 Å². The maximum absolute atomic E-state index is 12.1. The summed E-state index contributed by atoms with van der Waals surface area (Å²) in [6.07, 6.45) is -0.813. The molecule has 0 saturated carbocycles. The van der Waals surface area contributed by atoms with Gasteiger partial charge >= 0.3 is 0 Å². The van der Waals surface area contributed by atoms with Crippen molar-refractivity contribution in [1.29, 1.82) is 0 Å². The highest BCUT2D eigenvalue weighted by atomic mass is 79.9. The van der Waals surface area contributed by atoms with Crippen LogP contribution in [0.1, 0.15) is 6.92 Å². The Bertz CT molecular complexity index is 1030. The first-order chi connectivity index (χ1) is 13.9. The molecule has 0 fully saturated rings. The zero-order valence-corrected chi connectivity index (χ0v) is 17.8. The zero-order chi connectivity index (χ0) is 20.8. The Labute approximate surface area is 181 Å². The minimum atomic E-state index is -0.813. The van der Waals surface area contributed by atoms with E-state index in [0.29, 0.717) is 16.5 Å². The van der Waals surface area contributed by atoms with Gasteiger partial charge in [0.15, 0.2) is 12.7 Å². The van der Waals surface area contributed by atoms with Crippen LogP contribution in [0.3, 0.4) is 0 Å². The van der Waals surface area contributed by atoms with Crippen LogP contribution >= 0.6 is 27.5 Å². The van der Waals surface area contributed by atoms with Gasteiger partial charge in [-0.3, -0.25) is 20.4 Å². The van der Waals surface area contributed by atoms with Crippen LogP contribution in [-0.4, -0.2) is 24.5 Å². The second-order valence-corrected chi connectivity index (χ2v) is 7.37. The fraction of sp³-hybridized carbons (Fsp3) is 0.143. The third-order valence-corrected chi connectivity index (χ3v) is 5.08. The summed E-state index contributed by atoms with van der Waals surface area (Å²) >= 11 is 9.31. The monoisotopic (exact) mass is 476 g/mol. The van der Waals surface area contributed by atoms with Gasteiger partial charge in [-0.25, -0.2) is 0 Å². The van der Waals surface area contributed by atoms with E-state index in [4.69, 9.17) is 21.1 Å². The van der Waals surface area contributed by atoms with Crippen molar-refractivity contribution in [1.82, 2.24) is 10.9 Å². The largest absolute Gasteiger partial charge is 0.483 e. The van der Waals surface area contributed by atoms with Gasteiger partial charge in [0, 0.05) is 5.02 Å². The van der Waals surface area contributed by atoms with E-state index in [1.165, 1.54) is 0 Å². The summed E-state index contributed by atoms with van der Waals surface area (Å²) in [6, 6.07) is 18.1. The highest BCUT2D eigenvalue weighted by molar-refractivity contribution is 9.10. The quantitative estimate of drug-likeness (QED) is 0.521. The van der Waals surface area contributed by atoms with Crippen molar-refractivity contribution >= 4 is 50.1 Å². The lowest BCUT2D eigenvalue weighted by Gasteiger charge is -2.15. The molecule has 0 aliphatic rings. The van der Waals surface area contributed by atoms with Crippen molar-refractivity contribution in [3.63, 3.8) is 0 Å². The number of carbonyl (C=O) groups excluding carboxylic acids is 2. The summed E-state index contributed by atoms with van der Waals surface area (Å²) in [5, 5.41) is 2.60. The number of carbonyl (C=O) groups is 2. The molecule has 3 aromatic rings. The second kappa shape index (κ2) is 9.62. The molecule has 29 heavy (non-hydrogen) atoms. The van der Waals surface area contributed by atoms with Gasteiger partial charge in [-0.15, -0.1) is 0 Å². The van der Waals surface area contributed by atoms with Gasteiger partial charge in [-0.05, 0) is 64.0 Å². The number of ether oxygens (including phenoxy) is 2. The van der Waals surface area contributed by atoms with E-state index in [9.17, 15) is 9.59 Å². The zero-order valence-electron chi connectivity index (χ0n) is 15.4. The molecule has 8 heteroatoms. The molecule has 0 bridgehead atoms. The molecular formula is C21H18BrClN2O4. The van der Waals surface area contributed by atoms with Crippen molar-refractivity contribution in [2.45, 2.75) is 13.0 Å². The number of hydrogen-bond acceptors (Lipinski definition) is 4. The Morgan fingerprint density at radius 1 is 1.03 bits per heavy atom. The molecule has 0 aliphatic heterocycles. The Morgan fingerprint density at radius 3 is 2.52 bits per heavy atom. The average Bonchev–Trinajstić information content (AvgIpc) is 2.73. The summed E-state index contributed by atoms with van der Waals surface area (Å²) in [5.74, 6) is 0.0229. The number of hydrazine groups is 1. The Kier molecular flexibility index (Phi) is 6.95. The number of rotatable bonds is 6. The minimum Gasteiger partial charge on any atom is -0.483 e. The van der Waals surface area contributed by atoms with Crippen LogP contribution in [0.4, 0.5) is 0 Å². The Morgan fingerprint density at radius 2 is 1.76 bits per heavy atom. The van der Waals surface area contributed by atoms with E-state index in [2.05, 4.69) is 26.8 Å². The van der Waals surface area contributed by atoms with Crippen LogP contribution < -0.4 is 20.3 Å². The lowest BCUT2D eigenvalue weighted by molar-refractivity contribution is -0.133.